The van der Waals surface area contributed by atoms with Crippen molar-refractivity contribution in [2.24, 2.45) is 0 Å². The fraction of sp³-hybridized carbons (Fsp3) is 0.214. The molecule has 4 nitrogen and oxygen atoms in total. The molecular formula is C14H14N4S. The summed E-state index contributed by atoms with van der Waals surface area (Å²) >= 11 is 1.61. The van der Waals surface area contributed by atoms with E-state index in [4.69, 9.17) is 0 Å². The quantitative estimate of drug-likeness (QED) is 0.790. The fourth-order valence-electron chi connectivity index (χ4n) is 1.98. The van der Waals surface area contributed by atoms with E-state index in [1.807, 2.05) is 18.5 Å². The molecule has 2 aromatic heterocycles. The molecule has 0 spiro atoms. The van der Waals surface area contributed by atoms with Gasteiger partial charge in [0, 0.05) is 24.3 Å². The molecule has 0 fully saturated rings. The number of pyridine rings is 1. The summed E-state index contributed by atoms with van der Waals surface area (Å²) in [4.78, 5) is 4.15. The second kappa shape index (κ2) is 5.32. The molecule has 1 aromatic carbocycles. The van der Waals surface area contributed by atoms with Crippen LogP contribution in [0.15, 0.2) is 36.7 Å². The second-order valence-electron chi connectivity index (χ2n) is 4.22. The van der Waals surface area contributed by atoms with E-state index in [1.165, 1.54) is 10.9 Å². The number of fused-ring (bicyclic) bond motifs is 1. The summed E-state index contributed by atoms with van der Waals surface area (Å²) in [6.45, 7) is 2.84. The third-order valence-electron chi connectivity index (χ3n) is 2.97. The molecule has 0 saturated heterocycles. The summed E-state index contributed by atoms with van der Waals surface area (Å²) in [5.41, 5.74) is 1.24. The Bertz CT molecular complexity index is 687. The van der Waals surface area contributed by atoms with Gasteiger partial charge in [0.05, 0.1) is 0 Å². The Morgan fingerprint density at radius 1 is 1.21 bits per heavy atom. The Morgan fingerprint density at radius 2 is 2.16 bits per heavy atom. The van der Waals surface area contributed by atoms with Crippen LogP contribution in [0.25, 0.3) is 10.8 Å². The number of aryl methyl sites for hydroxylation is 1. The molecule has 0 atom stereocenters. The first kappa shape index (κ1) is 12.0. The standard InChI is InChI=1S/C14H14N4S/c1-2-13-17-18-14(19-13)16-9-11-5-3-4-10-8-15-7-6-12(10)11/h3-8H,2,9H2,1H3,(H,16,18). The number of benzene rings is 1. The van der Waals surface area contributed by atoms with Crippen molar-refractivity contribution in [3.05, 3.63) is 47.2 Å². The lowest BCUT2D eigenvalue weighted by Gasteiger charge is -2.06. The molecule has 3 aromatic rings. The molecule has 19 heavy (non-hydrogen) atoms. The maximum absolute atomic E-state index is 4.15. The van der Waals surface area contributed by atoms with E-state index < -0.39 is 0 Å². The van der Waals surface area contributed by atoms with Crippen LogP contribution >= 0.6 is 11.3 Å². The Balaban J connectivity index is 1.81. The van der Waals surface area contributed by atoms with Gasteiger partial charge >= 0.3 is 0 Å². The number of nitrogens with one attached hydrogen (secondary N) is 1. The maximum Gasteiger partial charge on any atom is 0.205 e. The van der Waals surface area contributed by atoms with E-state index in [0.717, 1.165) is 28.5 Å². The van der Waals surface area contributed by atoms with Crippen LogP contribution in [0, 0.1) is 0 Å². The monoisotopic (exact) mass is 270 g/mol. The maximum atomic E-state index is 4.15. The van der Waals surface area contributed by atoms with Crippen molar-refractivity contribution in [1.82, 2.24) is 15.2 Å². The Kier molecular flexibility index (Phi) is 3.37. The molecule has 2 heterocycles. The van der Waals surface area contributed by atoms with Crippen LogP contribution in [0.4, 0.5) is 5.13 Å². The van der Waals surface area contributed by atoms with Crippen molar-refractivity contribution in [3.63, 3.8) is 0 Å². The zero-order valence-electron chi connectivity index (χ0n) is 10.6. The van der Waals surface area contributed by atoms with Crippen LogP contribution in [0.1, 0.15) is 17.5 Å². The van der Waals surface area contributed by atoms with Crippen molar-refractivity contribution in [2.45, 2.75) is 19.9 Å². The lowest BCUT2D eigenvalue weighted by Crippen LogP contribution is -1.99. The number of hydrogen-bond acceptors (Lipinski definition) is 5. The minimum atomic E-state index is 0.750. The van der Waals surface area contributed by atoms with Crippen LogP contribution in [-0.2, 0) is 13.0 Å². The van der Waals surface area contributed by atoms with Gasteiger partial charge in [-0.15, -0.1) is 10.2 Å². The molecule has 0 unspecified atom stereocenters. The van der Waals surface area contributed by atoms with Gasteiger partial charge in [0.1, 0.15) is 5.01 Å². The van der Waals surface area contributed by atoms with Crippen molar-refractivity contribution in [2.75, 3.05) is 5.32 Å². The van der Waals surface area contributed by atoms with Gasteiger partial charge in [0.25, 0.3) is 0 Å². The van der Waals surface area contributed by atoms with E-state index in [0.29, 0.717) is 0 Å². The van der Waals surface area contributed by atoms with Crippen LogP contribution in [0.5, 0.6) is 0 Å². The van der Waals surface area contributed by atoms with E-state index in [9.17, 15) is 0 Å². The van der Waals surface area contributed by atoms with Gasteiger partial charge in [-0.25, -0.2) is 0 Å². The summed E-state index contributed by atoms with van der Waals surface area (Å²) in [6.07, 6.45) is 4.64. The lowest BCUT2D eigenvalue weighted by molar-refractivity contribution is 0.976. The molecule has 0 aliphatic rings. The molecule has 0 saturated carbocycles. The second-order valence-corrected chi connectivity index (χ2v) is 5.28. The average molecular weight is 270 g/mol. The van der Waals surface area contributed by atoms with Crippen LogP contribution in [-0.4, -0.2) is 15.2 Å². The van der Waals surface area contributed by atoms with Crippen LogP contribution < -0.4 is 5.32 Å². The van der Waals surface area contributed by atoms with Gasteiger partial charge in [0.2, 0.25) is 5.13 Å². The predicted octanol–water partition coefficient (Wildman–Crippen LogP) is 3.26. The van der Waals surface area contributed by atoms with Gasteiger partial charge in [-0.05, 0) is 23.4 Å². The fourth-order valence-corrected chi connectivity index (χ4v) is 2.66. The Labute approximate surface area is 115 Å². The molecule has 1 N–H and O–H groups in total. The highest BCUT2D eigenvalue weighted by atomic mass is 32.1. The number of rotatable bonds is 4. The first-order valence-corrected chi connectivity index (χ1v) is 7.06. The summed E-state index contributed by atoms with van der Waals surface area (Å²) < 4.78 is 0. The molecule has 5 heteroatoms. The third-order valence-corrected chi connectivity index (χ3v) is 4.00. The van der Waals surface area contributed by atoms with Gasteiger partial charge in [-0.1, -0.05) is 36.5 Å². The van der Waals surface area contributed by atoms with Gasteiger partial charge < -0.3 is 5.32 Å². The topological polar surface area (TPSA) is 50.7 Å². The molecular weight excluding hydrogens is 256 g/mol. The van der Waals surface area contributed by atoms with Crippen molar-refractivity contribution < 1.29 is 0 Å². The number of anilines is 1. The van der Waals surface area contributed by atoms with E-state index >= 15 is 0 Å². The molecule has 0 radical (unpaired) electrons. The van der Waals surface area contributed by atoms with E-state index in [2.05, 4.69) is 45.6 Å². The van der Waals surface area contributed by atoms with Crippen LogP contribution in [0.3, 0.4) is 0 Å². The highest BCUT2D eigenvalue weighted by molar-refractivity contribution is 7.15. The first-order valence-electron chi connectivity index (χ1n) is 6.24. The van der Waals surface area contributed by atoms with Crippen LogP contribution in [0.2, 0.25) is 0 Å². The van der Waals surface area contributed by atoms with Gasteiger partial charge in [-0.2, -0.15) is 0 Å². The lowest BCUT2D eigenvalue weighted by atomic mass is 10.1. The van der Waals surface area contributed by atoms with Crippen molar-refractivity contribution in [1.29, 1.82) is 0 Å². The predicted molar refractivity (Wildman–Crippen MR) is 78.4 cm³/mol. The zero-order valence-corrected chi connectivity index (χ0v) is 11.4. The zero-order chi connectivity index (χ0) is 13.1. The normalized spacial score (nSPS) is 10.8. The summed E-state index contributed by atoms with van der Waals surface area (Å²) in [5.74, 6) is 0. The Morgan fingerprint density at radius 3 is 3.00 bits per heavy atom. The molecule has 0 aliphatic heterocycles. The van der Waals surface area contributed by atoms with Gasteiger partial charge in [0.15, 0.2) is 0 Å². The largest absolute Gasteiger partial charge is 0.356 e. The van der Waals surface area contributed by atoms with E-state index in [-0.39, 0.29) is 0 Å². The highest BCUT2D eigenvalue weighted by Gasteiger charge is 2.04. The number of hydrogen-bond donors (Lipinski definition) is 1. The molecule has 0 bridgehead atoms. The summed E-state index contributed by atoms with van der Waals surface area (Å²) in [7, 11) is 0. The number of aromatic nitrogens is 3. The number of nitrogens with zero attached hydrogens (tertiary/aromatic N) is 3. The first-order chi connectivity index (χ1) is 9.36. The van der Waals surface area contributed by atoms with Gasteiger partial charge in [-0.3, -0.25) is 4.98 Å². The van der Waals surface area contributed by atoms with Crippen molar-refractivity contribution in [3.8, 4) is 0 Å². The summed E-state index contributed by atoms with van der Waals surface area (Å²) in [6, 6.07) is 8.30. The minimum Gasteiger partial charge on any atom is -0.356 e. The molecule has 96 valence electrons. The summed E-state index contributed by atoms with van der Waals surface area (Å²) in [5, 5.41) is 15.9. The SMILES string of the molecule is CCc1nnc(NCc2cccc3cnccc23)s1. The highest BCUT2D eigenvalue weighted by Crippen LogP contribution is 2.20. The molecule has 0 amide bonds. The smallest absolute Gasteiger partial charge is 0.205 e. The molecule has 0 aliphatic carbocycles. The van der Waals surface area contributed by atoms with Crippen molar-refractivity contribution >= 4 is 27.2 Å². The average Bonchev–Trinajstić information content (AvgIpc) is 2.93. The van der Waals surface area contributed by atoms with E-state index in [1.54, 1.807) is 11.3 Å². The molecule has 3 rings (SSSR count). The third kappa shape index (κ3) is 2.56. The Hall–Kier alpha value is -2.01. The minimum absolute atomic E-state index is 0.750.